The molecule has 4 aromatic rings. The zero-order valence-electron chi connectivity index (χ0n) is 16.8. The molecule has 0 saturated carbocycles. The summed E-state index contributed by atoms with van der Waals surface area (Å²) in [4.78, 5) is 12.7. The lowest BCUT2D eigenvalue weighted by Crippen LogP contribution is -2.33. The molecule has 0 unspecified atom stereocenters. The van der Waals surface area contributed by atoms with Crippen molar-refractivity contribution >= 4 is 39.9 Å². The van der Waals surface area contributed by atoms with Gasteiger partial charge in [-0.25, -0.2) is 10.4 Å². The summed E-state index contributed by atoms with van der Waals surface area (Å²) in [6.45, 7) is -0.436. The van der Waals surface area contributed by atoms with Crippen LogP contribution in [-0.4, -0.2) is 66.0 Å². The van der Waals surface area contributed by atoms with Gasteiger partial charge in [0, 0.05) is 0 Å². The van der Waals surface area contributed by atoms with Gasteiger partial charge in [-0.15, -0.1) is 0 Å². The molecule has 1 fully saturated rings. The number of hydrogen-bond donors (Lipinski definition) is 5. The van der Waals surface area contributed by atoms with Crippen LogP contribution in [0.4, 0.5) is 11.8 Å². The highest BCUT2D eigenvalue weighted by Crippen LogP contribution is 2.32. The van der Waals surface area contributed by atoms with E-state index in [2.05, 4.69) is 25.5 Å². The number of aliphatic hydroxyl groups is 3. The third-order valence-electron chi connectivity index (χ3n) is 5.39. The van der Waals surface area contributed by atoms with E-state index in [1.165, 1.54) is 10.9 Å². The quantitative estimate of drug-likeness (QED) is 0.223. The number of anilines is 2. The molecule has 0 amide bonds. The van der Waals surface area contributed by atoms with Gasteiger partial charge in [0.05, 0.1) is 19.1 Å². The molecule has 32 heavy (non-hydrogen) atoms. The summed E-state index contributed by atoms with van der Waals surface area (Å²) < 4.78 is 7.00. The third-order valence-corrected chi connectivity index (χ3v) is 5.39. The summed E-state index contributed by atoms with van der Waals surface area (Å²) in [6, 6.07) is 14.0. The predicted octanol–water partition coefficient (Wildman–Crippen LogP) is 0.619. The molecule has 0 spiro atoms. The number of nitrogen functional groups attached to an aromatic ring is 1. The summed E-state index contributed by atoms with van der Waals surface area (Å²) in [5.41, 5.74) is 10.3. The molecule has 1 aliphatic rings. The lowest BCUT2D eigenvalue weighted by Gasteiger charge is -2.16. The number of nitrogens with two attached hydrogens (primary N) is 1. The van der Waals surface area contributed by atoms with Crippen molar-refractivity contribution in [2.75, 3.05) is 17.8 Å². The van der Waals surface area contributed by atoms with E-state index in [0.29, 0.717) is 5.52 Å². The number of hydrogen-bond acceptors (Lipinski definition) is 10. The van der Waals surface area contributed by atoms with Gasteiger partial charge in [0.2, 0.25) is 5.95 Å². The minimum Gasteiger partial charge on any atom is -0.394 e. The number of benzene rings is 2. The topological polar surface area (TPSA) is 164 Å². The van der Waals surface area contributed by atoms with Crippen LogP contribution >= 0.6 is 0 Å². The van der Waals surface area contributed by atoms with Crippen molar-refractivity contribution < 1.29 is 20.1 Å². The van der Waals surface area contributed by atoms with Crippen LogP contribution in [0.2, 0.25) is 0 Å². The molecule has 1 aliphatic heterocycles. The highest BCUT2D eigenvalue weighted by atomic mass is 16.6. The summed E-state index contributed by atoms with van der Waals surface area (Å²) in [7, 11) is 0. The second kappa shape index (κ2) is 8.13. The average molecular weight is 435 g/mol. The van der Waals surface area contributed by atoms with Gasteiger partial charge < -0.3 is 25.8 Å². The van der Waals surface area contributed by atoms with E-state index in [0.717, 1.165) is 16.3 Å². The maximum Gasteiger partial charge on any atom is 0.247 e. The third kappa shape index (κ3) is 3.52. The van der Waals surface area contributed by atoms with Crippen LogP contribution in [0.25, 0.3) is 21.9 Å². The number of rotatable bonds is 5. The first-order valence-electron chi connectivity index (χ1n) is 9.95. The molecule has 11 heteroatoms. The Hall–Kier alpha value is -3.64. The second-order valence-corrected chi connectivity index (χ2v) is 7.46. The van der Waals surface area contributed by atoms with Gasteiger partial charge in [0.1, 0.15) is 23.8 Å². The Labute approximate surface area is 181 Å². The van der Waals surface area contributed by atoms with Crippen LogP contribution in [0.5, 0.6) is 0 Å². The number of fused-ring (bicyclic) bond motifs is 2. The van der Waals surface area contributed by atoms with E-state index in [1.807, 2.05) is 42.5 Å². The normalized spacial score (nSPS) is 23.5. The van der Waals surface area contributed by atoms with Gasteiger partial charge in [-0.2, -0.15) is 15.1 Å². The summed E-state index contributed by atoms with van der Waals surface area (Å²) in [5, 5.41) is 36.1. The molecule has 0 aliphatic carbocycles. The van der Waals surface area contributed by atoms with Crippen LogP contribution in [0, 0.1) is 0 Å². The molecule has 6 N–H and O–H groups in total. The molecule has 164 valence electrons. The fourth-order valence-electron chi connectivity index (χ4n) is 3.74. The number of nitrogens with one attached hydrogen (secondary N) is 1. The molecule has 3 heterocycles. The molecule has 5 rings (SSSR count). The molecular weight excluding hydrogens is 414 g/mol. The smallest absolute Gasteiger partial charge is 0.247 e. The number of aliphatic hydroxyl groups excluding tert-OH is 3. The molecule has 0 bridgehead atoms. The van der Waals surface area contributed by atoms with E-state index >= 15 is 0 Å². The van der Waals surface area contributed by atoms with Gasteiger partial charge in [-0.1, -0.05) is 36.4 Å². The first-order chi connectivity index (χ1) is 15.5. The van der Waals surface area contributed by atoms with Crippen molar-refractivity contribution in [3.8, 4) is 0 Å². The van der Waals surface area contributed by atoms with Gasteiger partial charge in [0.25, 0.3) is 0 Å². The van der Waals surface area contributed by atoms with Gasteiger partial charge in [-0.3, -0.25) is 4.57 Å². The van der Waals surface area contributed by atoms with Crippen molar-refractivity contribution in [1.82, 2.24) is 19.5 Å². The fraction of sp³-hybridized carbons (Fsp3) is 0.238. The van der Waals surface area contributed by atoms with Gasteiger partial charge in [0.15, 0.2) is 17.7 Å². The minimum absolute atomic E-state index is 0.115. The second-order valence-electron chi connectivity index (χ2n) is 7.46. The van der Waals surface area contributed by atoms with Crippen LogP contribution in [-0.2, 0) is 4.74 Å². The van der Waals surface area contributed by atoms with Crippen LogP contribution in [0.3, 0.4) is 0 Å². The molecule has 0 radical (unpaired) electrons. The van der Waals surface area contributed by atoms with Crippen molar-refractivity contribution in [3.05, 3.63) is 54.4 Å². The maximum atomic E-state index is 10.3. The van der Waals surface area contributed by atoms with E-state index < -0.39 is 31.1 Å². The Bertz CT molecular complexity index is 1310. The number of ether oxygens (including phenoxy) is 1. The van der Waals surface area contributed by atoms with Crippen molar-refractivity contribution in [3.63, 3.8) is 0 Å². The summed E-state index contributed by atoms with van der Waals surface area (Å²) >= 11 is 0. The summed E-state index contributed by atoms with van der Waals surface area (Å²) in [5.74, 6) is 0.240. The first kappa shape index (κ1) is 20.3. The first-order valence-corrected chi connectivity index (χ1v) is 9.95. The van der Waals surface area contributed by atoms with Gasteiger partial charge in [-0.05, 0) is 22.4 Å². The van der Waals surface area contributed by atoms with E-state index in [9.17, 15) is 15.3 Å². The number of aromatic nitrogens is 4. The Morgan fingerprint density at radius 3 is 2.72 bits per heavy atom. The lowest BCUT2D eigenvalue weighted by atomic mass is 10.1. The van der Waals surface area contributed by atoms with Gasteiger partial charge >= 0.3 is 0 Å². The Morgan fingerprint density at radius 1 is 1.12 bits per heavy atom. The highest BCUT2D eigenvalue weighted by molar-refractivity contribution is 5.90. The highest BCUT2D eigenvalue weighted by Gasteiger charge is 2.44. The van der Waals surface area contributed by atoms with Crippen LogP contribution in [0.1, 0.15) is 11.8 Å². The fourth-order valence-corrected chi connectivity index (χ4v) is 3.74. The predicted molar refractivity (Wildman–Crippen MR) is 118 cm³/mol. The molecule has 4 atom stereocenters. The van der Waals surface area contributed by atoms with E-state index in [1.54, 1.807) is 6.21 Å². The maximum absolute atomic E-state index is 10.3. The molecule has 11 nitrogen and oxygen atoms in total. The SMILES string of the molecule is Nc1nc(NN=Cc2ccc3ccccc3c2)nc2c1ncn2[C@@H]1O[C@H](CO)[C@@H](O)[C@H]1O. The number of nitrogens with zero attached hydrogens (tertiary/aromatic N) is 5. The zero-order valence-corrected chi connectivity index (χ0v) is 16.8. The molecule has 2 aromatic carbocycles. The van der Waals surface area contributed by atoms with E-state index in [4.69, 9.17) is 10.5 Å². The largest absolute Gasteiger partial charge is 0.394 e. The monoisotopic (exact) mass is 435 g/mol. The van der Waals surface area contributed by atoms with Crippen LogP contribution in [0.15, 0.2) is 53.9 Å². The molecule has 2 aromatic heterocycles. The van der Waals surface area contributed by atoms with Crippen LogP contribution < -0.4 is 11.2 Å². The zero-order chi connectivity index (χ0) is 22.2. The standard InChI is InChI=1S/C21H21N7O4/c22-18-15-19(28(10-23-15)20-17(31)16(30)14(9-29)32-20)26-21(25-18)27-24-8-11-5-6-12-3-1-2-4-13(12)7-11/h1-8,10,14,16-17,20,29-31H,9H2,(H3,22,25,26,27)/t14-,16-,17-,20-/m1/s1. The van der Waals surface area contributed by atoms with Crippen molar-refractivity contribution in [2.45, 2.75) is 24.5 Å². The molecular formula is C21H21N7O4. The number of hydrazone groups is 1. The Balaban J connectivity index is 1.41. The molecule has 1 saturated heterocycles. The minimum atomic E-state index is -1.27. The Morgan fingerprint density at radius 2 is 1.94 bits per heavy atom. The van der Waals surface area contributed by atoms with E-state index in [-0.39, 0.29) is 17.4 Å². The lowest BCUT2D eigenvalue weighted by molar-refractivity contribution is -0.0511. The number of imidazole rings is 1. The van der Waals surface area contributed by atoms with Crippen molar-refractivity contribution in [1.29, 1.82) is 0 Å². The summed E-state index contributed by atoms with van der Waals surface area (Å²) in [6.07, 6.45) is -1.41. The van der Waals surface area contributed by atoms with Crippen molar-refractivity contribution in [2.24, 2.45) is 5.10 Å². The average Bonchev–Trinajstić information content (AvgIpc) is 3.35. The Kier molecular flexibility index (Phi) is 5.15.